The highest BCUT2D eigenvalue weighted by Crippen LogP contribution is 2.25. The van der Waals surface area contributed by atoms with E-state index in [1.807, 2.05) is 0 Å². The maximum absolute atomic E-state index is 13.0. The molecule has 0 aromatic heterocycles. The summed E-state index contributed by atoms with van der Waals surface area (Å²) in [6, 6.07) is 2.95. The largest absolute Gasteiger partial charge is 0.465 e. The Bertz CT molecular complexity index is 827. The van der Waals surface area contributed by atoms with Gasteiger partial charge < -0.3 is 20.5 Å². The normalized spacial score (nSPS) is 15.6. The summed E-state index contributed by atoms with van der Waals surface area (Å²) in [7, 11) is -1.62. The topological polar surface area (TPSA) is 145 Å². The van der Waals surface area contributed by atoms with Crippen LogP contribution in [0.15, 0.2) is 23.1 Å². The third-order valence-electron chi connectivity index (χ3n) is 4.52. The van der Waals surface area contributed by atoms with E-state index < -0.39 is 28.0 Å². The van der Waals surface area contributed by atoms with Crippen molar-refractivity contribution in [2.45, 2.75) is 17.7 Å². The number of esters is 2. The van der Waals surface area contributed by atoms with Crippen LogP contribution in [0.1, 0.15) is 33.6 Å². The Hall–Kier alpha value is -2.66. The van der Waals surface area contributed by atoms with E-state index >= 15 is 0 Å². The average molecular weight is 413 g/mol. The van der Waals surface area contributed by atoms with Gasteiger partial charge in [0.05, 0.1) is 30.2 Å². The van der Waals surface area contributed by atoms with Crippen molar-refractivity contribution in [3.05, 3.63) is 29.3 Å². The van der Waals surface area contributed by atoms with Crippen LogP contribution in [0.4, 0.5) is 4.79 Å². The predicted molar refractivity (Wildman–Crippen MR) is 98.2 cm³/mol. The number of nitrogens with one attached hydrogen (secondary N) is 1. The van der Waals surface area contributed by atoms with Gasteiger partial charge >= 0.3 is 18.0 Å². The minimum absolute atomic E-state index is 0.0653. The lowest BCUT2D eigenvalue weighted by Crippen LogP contribution is -2.42. The molecule has 1 heterocycles. The van der Waals surface area contributed by atoms with E-state index in [1.165, 1.54) is 22.5 Å². The molecular weight excluding hydrogens is 390 g/mol. The summed E-state index contributed by atoms with van der Waals surface area (Å²) in [6.07, 6.45) is 1.08. The Morgan fingerprint density at radius 3 is 2.00 bits per heavy atom. The van der Waals surface area contributed by atoms with Crippen LogP contribution in [-0.2, 0) is 19.5 Å². The maximum atomic E-state index is 13.0. The first-order valence-electron chi connectivity index (χ1n) is 8.54. The zero-order chi connectivity index (χ0) is 20.9. The highest BCUT2D eigenvalue weighted by atomic mass is 32.2. The summed E-state index contributed by atoms with van der Waals surface area (Å²) in [4.78, 5) is 34.4. The predicted octanol–water partition coefficient (Wildman–Crippen LogP) is 0.329. The second kappa shape index (κ2) is 9.02. The number of hydrogen-bond donors (Lipinski definition) is 2. The number of nitrogens with zero attached hydrogens (tertiary/aromatic N) is 1. The molecule has 0 unspecified atom stereocenters. The lowest BCUT2D eigenvalue weighted by Gasteiger charge is -2.31. The fourth-order valence-corrected chi connectivity index (χ4v) is 4.51. The molecule has 154 valence electrons. The number of carbonyl (C=O) groups excluding carboxylic acids is 3. The van der Waals surface area contributed by atoms with Crippen molar-refractivity contribution in [2.24, 2.45) is 11.7 Å². The monoisotopic (exact) mass is 413 g/mol. The second-order valence-electron chi connectivity index (χ2n) is 6.32. The molecule has 28 heavy (non-hydrogen) atoms. The summed E-state index contributed by atoms with van der Waals surface area (Å²) in [5.41, 5.74) is 4.92. The van der Waals surface area contributed by atoms with E-state index in [1.54, 1.807) is 0 Å². The van der Waals surface area contributed by atoms with E-state index in [-0.39, 0.29) is 35.0 Å². The Balaban J connectivity index is 2.26. The first-order valence-corrected chi connectivity index (χ1v) is 9.98. The Kier molecular flexibility index (Phi) is 6.97. The molecule has 2 amide bonds. The van der Waals surface area contributed by atoms with Crippen LogP contribution in [0.3, 0.4) is 0 Å². The molecule has 1 aromatic rings. The lowest BCUT2D eigenvalue weighted by atomic mass is 9.98. The van der Waals surface area contributed by atoms with Crippen molar-refractivity contribution in [1.29, 1.82) is 0 Å². The maximum Gasteiger partial charge on any atom is 0.337 e. The van der Waals surface area contributed by atoms with Crippen molar-refractivity contribution < 1.29 is 32.3 Å². The van der Waals surface area contributed by atoms with E-state index in [4.69, 9.17) is 5.73 Å². The number of hydrogen-bond acceptors (Lipinski definition) is 7. The molecule has 0 saturated carbocycles. The molecule has 0 bridgehead atoms. The van der Waals surface area contributed by atoms with Crippen LogP contribution in [0.2, 0.25) is 0 Å². The fraction of sp³-hybridized carbons (Fsp3) is 0.471. The molecule has 11 heteroatoms. The first kappa shape index (κ1) is 21.6. The van der Waals surface area contributed by atoms with Gasteiger partial charge in [-0.1, -0.05) is 0 Å². The Morgan fingerprint density at radius 2 is 1.57 bits per heavy atom. The number of urea groups is 1. The van der Waals surface area contributed by atoms with Gasteiger partial charge in [0.1, 0.15) is 0 Å². The first-order chi connectivity index (χ1) is 13.2. The molecule has 1 saturated heterocycles. The molecule has 2 rings (SSSR count). The van der Waals surface area contributed by atoms with Gasteiger partial charge in [0.2, 0.25) is 10.0 Å². The molecule has 0 atom stereocenters. The third kappa shape index (κ3) is 4.98. The number of benzene rings is 1. The van der Waals surface area contributed by atoms with Crippen LogP contribution in [-0.4, -0.2) is 64.5 Å². The van der Waals surface area contributed by atoms with E-state index in [2.05, 4.69) is 14.8 Å². The van der Waals surface area contributed by atoms with Crippen molar-refractivity contribution in [3.8, 4) is 0 Å². The Morgan fingerprint density at radius 1 is 1.07 bits per heavy atom. The van der Waals surface area contributed by atoms with Crippen molar-refractivity contribution in [1.82, 2.24) is 9.62 Å². The zero-order valence-corrected chi connectivity index (χ0v) is 16.5. The van der Waals surface area contributed by atoms with Crippen LogP contribution in [0, 0.1) is 5.92 Å². The van der Waals surface area contributed by atoms with Crippen LogP contribution < -0.4 is 11.1 Å². The second-order valence-corrected chi connectivity index (χ2v) is 8.26. The third-order valence-corrected chi connectivity index (χ3v) is 6.40. The van der Waals surface area contributed by atoms with E-state index in [0.717, 1.165) is 14.2 Å². The molecule has 1 fully saturated rings. The van der Waals surface area contributed by atoms with E-state index in [9.17, 15) is 22.8 Å². The van der Waals surface area contributed by atoms with Gasteiger partial charge in [0, 0.05) is 19.6 Å². The van der Waals surface area contributed by atoms with Crippen LogP contribution in [0.5, 0.6) is 0 Å². The van der Waals surface area contributed by atoms with Gasteiger partial charge in [-0.3, -0.25) is 0 Å². The molecule has 0 aliphatic carbocycles. The van der Waals surface area contributed by atoms with Gasteiger partial charge in [0.25, 0.3) is 0 Å². The minimum Gasteiger partial charge on any atom is -0.465 e. The average Bonchev–Trinajstić information content (AvgIpc) is 2.70. The van der Waals surface area contributed by atoms with Gasteiger partial charge in [-0.05, 0) is 37.0 Å². The van der Waals surface area contributed by atoms with Gasteiger partial charge in [-0.25, -0.2) is 22.8 Å². The molecule has 10 nitrogen and oxygen atoms in total. The summed E-state index contributed by atoms with van der Waals surface area (Å²) in [5.74, 6) is -1.41. The van der Waals surface area contributed by atoms with Crippen molar-refractivity contribution >= 4 is 28.0 Å². The molecule has 1 aromatic carbocycles. The molecular formula is C17H23N3O7S. The SMILES string of the molecule is COC(=O)c1cc(C(=O)OC)cc(S(=O)(=O)N2CCC(CNC(N)=O)CC2)c1. The van der Waals surface area contributed by atoms with Crippen LogP contribution in [0.25, 0.3) is 0 Å². The summed E-state index contributed by atoms with van der Waals surface area (Å²) >= 11 is 0. The van der Waals surface area contributed by atoms with Gasteiger partial charge in [0.15, 0.2) is 0 Å². The summed E-state index contributed by atoms with van der Waals surface area (Å²) < 4.78 is 36.6. The standard InChI is InChI=1S/C17H23N3O7S/c1-26-15(21)12-7-13(16(22)27-2)9-14(8-12)28(24,25)20-5-3-11(4-6-20)10-19-17(18)23/h7-9,11H,3-6,10H2,1-2H3,(H3,18,19,23). The van der Waals surface area contributed by atoms with Gasteiger partial charge in [-0.2, -0.15) is 4.31 Å². The van der Waals surface area contributed by atoms with Gasteiger partial charge in [-0.15, -0.1) is 0 Å². The number of ether oxygens (including phenoxy) is 2. The highest BCUT2D eigenvalue weighted by molar-refractivity contribution is 7.89. The number of amides is 2. The van der Waals surface area contributed by atoms with Crippen LogP contribution >= 0.6 is 0 Å². The smallest absolute Gasteiger partial charge is 0.337 e. The van der Waals surface area contributed by atoms with Crippen molar-refractivity contribution in [2.75, 3.05) is 33.9 Å². The number of methoxy groups -OCH3 is 2. The summed E-state index contributed by atoms with van der Waals surface area (Å²) in [5, 5.41) is 2.52. The molecule has 1 aliphatic rings. The highest BCUT2D eigenvalue weighted by Gasteiger charge is 2.31. The molecule has 0 spiro atoms. The minimum atomic E-state index is -3.94. The molecule has 3 N–H and O–H groups in total. The Labute approximate surface area is 163 Å². The lowest BCUT2D eigenvalue weighted by molar-refractivity contribution is 0.0598. The number of carbonyl (C=O) groups is 3. The number of nitrogens with two attached hydrogens (primary N) is 1. The number of primary amides is 1. The molecule has 0 radical (unpaired) electrons. The number of sulfonamides is 1. The zero-order valence-electron chi connectivity index (χ0n) is 15.6. The quantitative estimate of drug-likeness (QED) is 0.639. The van der Waals surface area contributed by atoms with E-state index in [0.29, 0.717) is 19.4 Å². The van der Waals surface area contributed by atoms with Crippen molar-refractivity contribution in [3.63, 3.8) is 0 Å². The molecule has 1 aliphatic heterocycles. The fourth-order valence-electron chi connectivity index (χ4n) is 2.97. The summed E-state index contributed by atoms with van der Waals surface area (Å²) in [6.45, 7) is 0.862. The number of piperidine rings is 1. The number of rotatable bonds is 6.